The van der Waals surface area contributed by atoms with Gasteiger partial charge in [0.2, 0.25) is 5.95 Å². The van der Waals surface area contributed by atoms with Crippen LogP contribution in [0.5, 0.6) is 0 Å². The Kier molecular flexibility index (Phi) is 5.43. The molecule has 1 aromatic carbocycles. The maximum Gasteiger partial charge on any atom is 0.247 e. The summed E-state index contributed by atoms with van der Waals surface area (Å²) < 4.78 is 5.03. The third-order valence-corrected chi connectivity index (χ3v) is 4.09. The lowest BCUT2D eigenvalue weighted by molar-refractivity contribution is 0.210. The summed E-state index contributed by atoms with van der Waals surface area (Å²) in [5.41, 5.74) is 2.57. The highest BCUT2D eigenvalue weighted by atomic mass is 16.5. The number of piperazine rings is 1. The van der Waals surface area contributed by atoms with E-state index in [0.29, 0.717) is 19.1 Å². The summed E-state index contributed by atoms with van der Waals surface area (Å²) in [4.78, 5) is 9.13. The molecule has 1 aliphatic rings. The van der Waals surface area contributed by atoms with E-state index in [0.717, 1.165) is 32.0 Å². The first-order valence-corrected chi connectivity index (χ1v) is 8.25. The van der Waals surface area contributed by atoms with Crippen LogP contribution in [-0.2, 0) is 4.74 Å². The largest absolute Gasteiger partial charge is 0.383 e. The molecule has 24 heavy (non-hydrogen) atoms. The van der Waals surface area contributed by atoms with Crippen LogP contribution in [0.25, 0.3) is 0 Å². The normalized spacial score (nSPS) is 14.8. The summed E-state index contributed by atoms with van der Waals surface area (Å²) in [6.45, 7) is 7.14. The summed E-state index contributed by atoms with van der Waals surface area (Å²) in [7, 11) is 1.68. The fourth-order valence-electron chi connectivity index (χ4n) is 2.78. The fourth-order valence-corrected chi connectivity index (χ4v) is 2.78. The van der Waals surface area contributed by atoms with Crippen molar-refractivity contribution in [1.82, 2.24) is 15.2 Å². The zero-order valence-corrected chi connectivity index (χ0v) is 14.3. The molecule has 7 nitrogen and oxygen atoms in total. The van der Waals surface area contributed by atoms with Crippen molar-refractivity contribution < 1.29 is 4.74 Å². The predicted molar refractivity (Wildman–Crippen MR) is 95.8 cm³/mol. The standard InChI is InChI=1S/C17H24N6O/c1-14-4-3-5-15(12-14)22-7-9-23(10-8-22)17-20-16(13-19-21-17)18-6-11-24-2/h3-5,12-13H,6-11H2,1-2H3,(H,18,20,21). The van der Waals surface area contributed by atoms with Gasteiger partial charge in [-0.05, 0) is 24.6 Å². The molecule has 1 aromatic heterocycles. The van der Waals surface area contributed by atoms with E-state index >= 15 is 0 Å². The average molecular weight is 328 g/mol. The minimum atomic E-state index is 0.633. The van der Waals surface area contributed by atoms with E-state index in [1.165, 1.54) is 11.3 Å². The van der Waals surface area contributed by atoms with E-state index in [4.69, 9.17) is 4.74 Å². The molecule has 1 saturated heterocycles. The monoisotopic (exact) mass is 328 g/mol. The van der Waals surface area contributed by atoms with Gasteiger partial charge in [0.15, 0.2) is 5.82 Å². The van der Waals surface area contributed by atoms with Crippen LogP contribution < -0.4 is 15.1 Å². The van der Waals surface area contributed by atoms with Crippen molar-refractivity contribution in [2.75, 3.05) is 61.6 Å². The van der Waals surface area contributed by atoms with Crippen molar-refractivity contribution in [1.29, 1.82) is 0 Å². The number of anilines is 3. The number of aromatic nitrogens is 3. The van der Waals surface area contributed by atoms with Crippen molar-refractivity contribution in [3.8, 4) is 0 Å². The summed E-state index contributed by atoms with van der Waals surface area (Å²) in [6, 6.07) is 8.63. The first-order chi connectivity index (χ1) is 11.8. The number of nitrogens with one attached hydrogen (secondary N) is 1. The van der Waals surface area contributed by atoms with Gasteiger partial charge in [-0.3, -0.25) is 0 Å². The zero-order valence-electron chi connectivity index (χ0n) is 14.3. The maximum absolute atomic E-state index is 5.03. The second-order valence-corrected chi connectivity index (χ2v) is 5.87. The minimum Gasteiger partial charge on any atom is -0.383 e. The van der Waals surface area contributed by atoms with E-state index in [2.05, 4.69) is 61.5 Å². The molecule has 1 aliphatic heterocycles. The lowest BCUT2D eigenvalue weighted by atomic mass is 10.2. The number of rotatable bonds is 6. The van der Waals surface area contributed by atoms with E-state index in [9.17, 15) is 0 Å². The highest BCUT2D eigenvalue weighted by molar-refractivity contribution is 5.50. The number of benzene rings is 1. The molecule has 2 heterocycles. The highest BCUT2D eigenvalue weighted by Gasteiger charge is 2.19. The Morgan fingerprint density at radius 3 is 2.71 bits per heavy atom. The Hall–Kier alpha value is -2.41. The molecule has 0 unspecified atom stereocenters. The molecule has 0 aliphatic carbocycles. The van der Waals surface area contributed by atoms with Gasteiger partial charge in [0, 0.05) is 45.5 Å². The molecule has 0 bridgehead atoms. The van der Waals surface area contributed by atoms with E-state index in [-0.39, 0.29) is 0 Å². The maximum atomic E-state index is 5.03. The van der Waals surface area contributed by atoms with E-state index in [1.54, 1.807) is 13.3 Å². The molecule has 0 spiro atoms. The Balaban J connectivity index is 1.59. The fraction of sp³-hybridized carbons (Fsp3) is 0.471. The summed E-state index contributed by atoms with van der Waals surface area (Å²) in [5.74, 6) is 1.42. The quantitative estimate of drug-likeness (QED) is 0.807. The van der Waals surface area contributed by atoms with Gasteiger partial charge >= 0.3 is 0 Å². The molecule has 3 rings (SSSR count). The lowest BCUT2D eigenvalue weighted by Crippen LogP contribution is -2.47. The average Bonchev–Trinajstić information content (AvgIpc) is 2.62. The molecule has 0 atom stereocenters. The van der Waals surface area contributed by atoms with Crippen LogP contribution in [0.2, 0.25) is 0 Å². The van der Waals surface area contributed by atoms with Crippen molar-refractivity contribution in [2.24, 2.45) is 0 Å². The van der Waals surface area contributed by atoms with E-state index < -0.39 is 0 Å². The predicted octanol–water partition coefficient (Wildman–Crippen LogP) is 1.56. The zero-order chi connectivity index (χ0) is 16.8. The molecular weight excluding hydrogens is 304 g/mol. The molecule has 1 N–H and O–H groups in total. The van der Waals surface area contributed by atoms with Gasteiger partial charge in [-0.2, -0.15) is 10.1 Å². The van der Waals surface area contributed by atoms with Crippen LogP contribution >= 0.6 is 0 Å². The minimum absolute atomic E-state index is 0.633. The SMILES string of the molecule is COCCNc1cnnc(N2CCN(c3cccc(C)c3)CC2)n1. The van der Waals surface area contributed by atoms with Crippen LogP contribution in [0, 0.1) is 6.92 Å². The van der Waals surface area contributed by atoms with Crippen LogP contribution in [0.15, 0.2) is 30.5 Å². The van der Waals surface area contributed by atoms with Gasteiger partial charge in [-0.1, -0.05) is 12.1 Å². The van der Waals surface area contributed by atoms with Gasteiger partial charge in [-0.15, -0.1) is 5.10 Å². The third-order valence-electron chi connectivity index (χ3n) is 4.09. The molecule has 7 heteroatoms. The van der Waals surface area contributed by atoms with Crippen molar-refractivity contribution in [3.05, 3.63) is 36.0 Å². The number of methoxy groups -OCH3 is 1. The van der Waals surface area contributed by atoms with Crippen LogP contribution in [0.3, 0.4) is 0 Å². The van der Waals surface area contributed by atoms with Crippen molar-refractivity contribution >= 4 is 17.5 Å². The number of nitrogens with zero attached hydrogens (tertiary/aromatic N) is 5. The second kappa shape index (κ2) is 7.92. The number of aryl methyl sites for hydroxylation is 1. The summed E-state index contributed by atoms with van der Waals surface area (Å²) in [5, 5.41) is 11.4. The Labute approximate surface area is 142 Å². The van der Waals surface area contributed by atoms with Crippen LogP contribution in [0.1, 0.15) is 5.56 Å². The molecule has 128 valence electrons. The summed E-state index contributed by atoms with van der Waals surface area (Å²) in [6.07, 6.45) is 1.64. The second-order valence-electron chi connectivity index (χ2n) is 5.87. The number of hydrogen-bond donors (Lipinski definition) is 1. The first-order valence-electron chi connectivity index (χ1n) is 8.25. The molecule has 0 amide bonds. The molecule has 0 saturated carbocycles. The Morgan fingerprint density at radius 2 is 1.96 bits per heavy atom. The summed E-state index contributed by atoms with van der Waals surface area (Å²) >= 11 is 0. The van der Waals surface area contributed by atoms with Gasteiger partial charge in [0.05, 0.1) is 12.8 Å². The molecule has 0 radical (unpaired) electrons. The topological polar surface area (TPSA) is 66.4 Å². The third kappa shape index (κ3) is 4.11. The highest BCUT2D eigenvalue weighted by Crippen LogP contribution is 2.19. The molecular formula is C17H24N6O. The van der Waals surface area contributed by atoms with Crippen molar-refractivity contribution in [2.45, 2.75) is 6.92 Å². The smallest absolute Gasteiger partial charge is 0.247 e. The van der Waals surface area contributed by atoms with Gasteiger partial charge in [0.25, 0.3) is 0 Å². The molecule has 1 fully saturated rings. The van der Waals surface area contributed by atoms with Crippen LogP contribution in [0.4, 0.5) is 17.5 Å². The van der Waals surface area contributed by atoms with Gasteiger partial charge in [-0.25, -0.2) is 0 Å². The van der Waals surface area contributed by atoms with Gasteiger partial charge in [0.1, 0.15) is 0 Å². The first kappa shape index (κ1) is 16.4. The molecule has 2 aromatic rings. The Morgan fingerprint density at radius 1 is 1.17 bits per heavy atom. The van der Waals surface area contributed by atoms with Crippen molar-refractivity contribution in [3.63, 3.8) is 0 Å². The Bertz CT molecular complexity index is 657. The lowest BCUT2D eigenvalue weighted by Gasteiger charge is -2.36. The van der Waals surface area contributed by atoms with Gasteiger partial charge < -0.3 is 19.9 Å². The number of hydrogen-bond acceptors (Lipinski definition) is 7. The van der Waals surface area contributed by atoms with E-state index in [1.807, 2.05) is 0 Å². The number of ether oxygens (including phenoxy) is 1. The van der Waals surface area contributed by atoms with Crippen LogP contribution in [-0.4, -0.2) is 61.6 Å².